The fraction of sp³-hybridized carbons (Fsp3) is 0.400. The van der Waals surface area contributed by atoms with Crippen LogP contribution in [-0.2, 0) is 5.60 Å². The summed E-state index contributed by atoms with van der Waals surface area (Å²) in [4.78, 5) is 0. The van der Waals surface area contributed by atoms with Gasteiger partial charge in [-0.15, -0.1) is 0 Å². The Labute approximate surface area is 87.7 Å². The molecule has 1 rings (SSSR count). The Balaban J connectivity index is 3.10. The summed E-state index contributed by atoms with van der Waals surface area (Å²) in [5.41, 5.74) is -0.762. The van der Waals surface area contributed by atoms with Crippen molar-refractivity contribution in [3.63, 3.8) is 0 Å². The van der Waals surface area contributed by atoms with E-state index < -0.39 is 11.4 Å². The zero-order chi connectivity index (χ0) is 10.8. The smallest absolute Gasteiger partial charge is 0.123 e. The summed E-state index contributed by atoms with van der Waals surface area (Å²) in [6, 6.07) is 3.96. The van der Waals surface area contributed by atoms with Crippen LogP contribution in [0.25, 0.3) is 0 Å². The number of nitrogens with one attached hydrogen (secondary N) is 1. The van der Waals surface area contributed by atoms with E-state index in [9.17, 15) is 9.50 Å². The number of hydrogen-bond donors (Lipinski definition) is 2. The maximum Gasteiger partial charge on any atom is 0.123 e. The van der Waals surface area contributed by atoms with E-state index in [1.165, 1.54) is 18.2 Å². The van der Waals surface area contributed by atoms with Crippen molar-refractivity contribution >= 4 is 11.6 Å². The van der Waals surface area contributed by atoms with Crippen molar-refractivity contribution in [3.05, 3.63) is 34.6 Å². The van der Waals surface area contributed by atoms with Crippen LogP contribution in [0.3, 0.4) is 0 Å². The van der Waals surface area contributed by atoms with Gasteiger partial charge in [0.25, 0.3) is 0 Å². The Hall–Kier alpha value is -0.640. The predicted octanol–water partition coefficient (Wildman–Crippen LogP) is 1.91. The SMILES string of the molecule is CNCC(C)(O)c1cc(F)ccc1Cl. The first-order chi connectivity index (χ1) is 6.47. The van der Waals surface area contributed by atoms with Crippen molar-refractivity contribution in [2.45, 2.75) is 12.5 Å². The van der Waals surface area contributed by atoms with Gasteiger partial charge in [0, 0.05) is 17.1 Å². The van der Waals surface area contributed by atoms with E-state index in [-0.39, 0.29) is 0 Å². The highest BCUT2D eigenvalue weighted by Crippen LogP contribution is 2.28. The molecular formula is C10H13ClFNO. The van der Waals surface area contributed by atoms with E-state index in [4.69, 9.17) is 11.6 Å². The zero-order valence-corrected chi connectivity index (χ0v) is 8.90. The highest BCUT2D eigenvalue weighted by atomic mass is 35.5. The lowest BCUT2D eigenvalue weighted by Crippen LogP contribution is -2.33. The van der Waals surface area contributed by atoms with Gasteiger partial charge >= 0.3 is 0 Å². The quantitative estimate of drug-likeness (QED) is 0.811. The van der Waals surface area contributed by atoms with Crippen LogP contribution in [0.1, 0.15) is 12.5 Å². The van der Waals surface area contributed by atoms with Crippen LogP contribution < -0.4 is 5.32 Å². The molecule has 1 unspecified atom stereocenters. The van der Waals surface area contributed by atoms with Crippen molar-refractivity contribution in [1.82, 2.24) is 5.32 Å². The van der Waals surface area contributed by atoms with Crippen molar-refractivity contribution in [3.8, 4) is 0 Å². The molecule has 0 amide bonds. The first kappa shape index (κ1) is 11.4. The fourth-order valence-electron chi connectivity index (χ4n) is 1.35. The normalized spacial score (nSPS) is 15.2. The van der Waals surface area contributed by atoms with E-state index in [2.05, 4.69) is 5.32 Å². The molecule has 1 aromatic rings. The van der Waals surface area contributed by atoms with Gasteiger partial charge in [-0.3, -0.25) is 0 Å². The molecule has 0 saturated carbocycles. The molecule has 78 valence electrons. The minimum Gasteiger partial charge on any atom is -0.384 e. The van der Waals surface area contributed by atoms with E-state index in [0.29, 0.717) is 17.1 Å². The molecule has 0 bridgehead atoms. The molecule has 1 aromatic carbocycles. The second-order valence-corrected chi connectivity index (χ2v) is 3.84. The van der Waals surface area contributed by atoms with E-state index in [1.807, 2.05) is 0 Å². The van der Waals surface area contributed by atoms with Gasteiger partial charge in [0.05, 0.1) is 0 Å². The molecule has 0 saturated heterocycles. The first-order valence-electron chi connectivity index (χ1n) is 4.30. The average molecular weight is 218 g/mol. The molecule has 0 aliphatic heterocycles. The minimum absolute atomic E-state index is 0.316. The monoisotopic (exact) mass is 217 g/mol. The fourth-order valence-corrected chi connectivity index (χ4v) is 1.67. The van der Waals surface area contributed by atoms with Crippen LogP contribution in [-0.4, -0.2) is 18.7 Å². The van der Waals surface area contributed by atoms with Gasteiger partial charge in [0.2, 0.25) is 0 Å². The minimum atomic E-state index is -1.16. The molecule has 14 heavy (non-hydrogen) atoms. The summed E-state index contributed by atoms with van der Waals surface area (Å²) in [5.74, 6) is -0.402. The van der Waals surface area contributed by atoms with Crippen LogP contribution in [0.2, 0.25) is 5.02 Å². The summed E-state index contributed by atoms with van der Waals surface area (Å²) in [7, 11) is 1.71. The number of halogens is 2. The Morgan fingerprint density at radius 3 is 2.79 bits per heavy atom. The summed E-state index contributed by atoms with van der Waals surface area (Å²) in [5, 5.41) is 13.2. The van der Waals surface area contributed by atoms with E-state index in [0.717, 1.165) is 0 Å². The van der Waals surface area contributed by atoms with Crippen molar-refractivity contribution in [1.29, 1.82) is 0 Å². The van der Waals surface area contributed by atoms with Gasteiger partial charge in [-0.25, -0.2) is 4.39 Å². The Kier molecular flexibility index (Phi) is 3.48. The zero-order valence-electron chi connectivity index (χ0n) is 8.14. The maximum atomic E-state index is 12.9. The lowest BCUT2D eigenvalue weighted by atomic mass is 9.96. The number of hydrogen-bond acceptors (Lipinski definition) is 2. The highest BCUT2D eigenvalue weighted by Gasteiger charge is 2.25. The van der Waals surface area contributed by atoms with Crippen molar-refractivity contribution < 1.29 is 9.50 Å². The third kappa shape index (κ3) is 2.44. The molecule has 0 aliphatic rings. The third-order valence-corrected chi connectivity index (χ3v) is 2.36. The van der Waals surface area contributed by atoms with Crippen LogP contribution in [0, 0.1) is 5.82 Å². The van der Waals surface area contributed by atoms with Gasteiger partial charge in [-0.1, -0.05) is 11.6 Å². The molecule has 0 aliphatic carbocycles. The van der Waals surface area contributed by atoms with Crippen molar-refractivity contribution in [2.24, 2.45) is 0 Å². The summed E-state index contributed by atoms with van der Waals surface area (Å²) < 4.78 is 12.9. The summed E-state index contributed by atoms with van der Waals surface area (Å²) >= 11 is 5.86. The van der Waals surface area contributed by atoms with Gasteiger partial charge < -0.3 is 10.4 Å². The van der Waals surface area contributed by atoms with E-state index >= 15 is 0 Å². The van der Waals surface area contributed by atoms with Crippen LogP contribution >= 0.6 is 11.6 Å². The molecule has 0 fully saturated rings. The Bertz CT molecular complexity index is 328. The molecule has 4 heteroatoms. The Morgan fingerprint density at radius 1 is 1.57 bits per heavy atom. The first-order valence-corrected chi connectivity index (χ1v) is 4.67. The molecule has 0 aromatic heterocycles. The maximum absolute atomic E-state index is 12.9. The van der Waals surface area contributed by atoms with Gasteiger partial charge in [-0.2, -0.15) is 0 Å². The summed E-state index contributed by atoms with van der Waals surface area (Å²) in [6.45, 7) is 1.90. The predicted molar refractivity (Wildman–Crippen MR) is 54.9 cm³/mol. The van der Waals surface area contributed by atoms with Gasteiger partial charge in [0.1, 0.15) is 11.4 Å². The second kappa shape index (κ2) is 4.26. The number of rotatable bonds is 3. The lowest BCUT2D eigenvalue weighted by Gasteiger charge is -2.24. The largest absolute Gasteiger partial charge is 0.384 e. The topological polar surface area (TPSA) is 32.3 Å². The molecule has 1 atom stereocenters. The summed E-state index contributed by atoms with van der Waals surface area (Å²) in [6.07, 6.45) is 0. The number of benzene rings is 1. The van der Waals surface area contributed by atoms with Crippen LogP contribution in [0.4, 0.5) is 4.39 Å². The average Bonchev–Trinajstić information content (AvgIpc) is 2.09. The van der Waals surface area contributed by atoms with Gasteiger partial charge in [-0.05, 0) is 32.2 Å². The number of aliphatic hydroxyl groups is 1. The Morgan fingerprint density at radius 2 is 2.21 bits per heavy atom. The standard InChI is InChI=1S/C10H13ClFNO/c1-10(14,6-13-2)8-5-7(12)3-4-9(8)11/h3-5,13-14H,6H2,1-2H3. The molecule has 2 N–H and O–H groups in total. The van der Waals surface area contributed by atoms with Crippen molar-refractivity contribution in [2.75, 3.05) is 13.6 Å². The van der Waals surface area contributed by atoms with E-state index in [1.54, 1.807) is 14.0 Å². The lowest BCUT2D eigenvalue weighted by molar-refractivity contribution is 0.0589. The van der Waals surface area contributed by atoms with Crippen LogP contribution in [0.5, 0.6) is 0 Å². The second-order valence-electron chi connectivity index (χ2n) is 3.43. The number of likely N-dealkylation sites (N-methyl/N-ethyl adjacent to an activating group) is 1. The van der Waals surface area contributed by atoms with Crippen LogP contribution in [0.15, 0.2) is 18.2 Å². The molecular weight excluding hydrogens is 205 g/mol. The molecule has 0 heterocycles. The third-order valence-electron chi connectivity index (χ3n) is 2.03. The molecule has 0 radical (unpaired) electrons. The molecule has 0 spiro atoms. The highest BCUT2D eigenvalue weighted by molar-refractivity contribution is 6.31. The van der Waals surface area contributed by atoms with Gasteiger partial charge in [0.15, 0.2) is 0 Å². The molecule has 2 nitrogen and oxygen atoms in total.